The standard InChI is InChI=1S/C13H13N5O3/c1-7-15-16-17-18(7)9-4-2-3-8(5-9)14-12(19)10-6-11(10)13(20)21/h2-5,10-11H,6H2,1H3,(H,14,19)(H,20,21). The number of nitrogens with zero attached hydrogens (tertiary/aromatic N) is 4. The van der Waals surface area contributed by atoms with Crippen LogP contribution in [0, 0.1) is 18.8 Å². The van der Waals surface area contributed by atoms with Gasteiger partial charge in [-0.3, -0.25) is 9.59 Å². The van der Waals surface area contributed by atoms with Crippen molar-refractivity contribution in [2.24, 2.45) is 11.8 Å². The Labute approximate surface area is 119 Å². The molecule has 2 aromatic rings. The third-order valence-corrected chi connectivity index (χ3v) is 3.43. The normalized spacial score (nSPS) is 20.0. The first-order valence-electron chi connectivity index (χ1n) is 6.45. The van der Waals surface area contributed by atoms with Crippen LogP contribution in [0.4, 0.5) is 5.69 Å². The van der Waals surface area contributed by atoms with Crippen molar-refractivity contribution in [1.29, 1.82) is 0 Å². The number of tetrazole rings is 1. The first kappa shape index (κ1) is 13.2. The summed E-state index contributed by atoms with van der Waals surface area (Å²) in [4.78, 5) is 22.7. The number of hydrogen-bond acceptors (Lipinski definition) is 5. The Morgan fingerprint density at radius 3 is 2.81 bits per heavy atom. The number of anilines is 1. The molecule has 1 aromatic carbocycles. The summed E-state index contributed by atoms with van der Waals surface area (Å²) < 4.78 is 1.55. The average molecular weight is 287 g/mol. The molecule has 8 nitrogen and oxygen atoms in total. The van der Waals surface area contributed by atoms with Gasteiger partial charge < -0.3 is 10.4 Å². The van der Waals surface area contributed by atoms with Crippen molar-refractivity contribution >= 4 is 17.6 Å². The lowest BCUT2D eigenvalue weighted by Crippen LogP contribution is -2.17. The summed E-state index contributed by atoms with van der Waals surface area (Å²) >= 11 is 0. The highest BCUT2D eigenvalue weighted by molar-refractivity contribution is 5.98. The number of aromatic nitrogens is 4. The van der Waals surface area contributed by atoms with Crippen LogP contribution in [0.3, 0.4) is 0 Å². The summed E-state index contributed by atoms with van der Waals surface area (Å²) in [5.41, 5.74) is 1.31. The monoisotopic (exact) mass is 287 g/mol. The number of aryl methyl sites for hydroxylation is 1. The summed E-state index contributed by atoms with van der Waals surface area (Å²) in [7, 11) is 0. The van der Waals surface area contributed by atoms with Gasteiger partial charge in [-0.1, -0.05) is 6.07 Å². The number of hydrogen-bond donors (Lipinski definition) is 2. The minimum absolute atomic E-state index is 0.270. The Morgan fingerprint density at radius 1 is 1.38 bits per heavy atom. The molecule has 21 heavy (non-hydrogen) atoms. The van der Waals surface area contributed by atoms with Gasteiger partial charge in [0.2, 0.25) is 5.91 Å². The average Bonchev–Trinajstić information content (AvgIpc) is 3.15. The van der Waals surface area contributed by atoms with Crippen molar-refractivity contribution in [2.75, 3.05) is 5.32 Å². The van der Waals surface area contributed by atoms with E-state index in [0.29, 0.717) is 17.9 Å². The fourth-order valence-corrected chi connectivity index (χ4v) is 2.18. The number of carboxylic acids is 1. The van der Waals surface area contributed by atoms with E-state index in [1.165, 1.54) is 0 Å². The van der Waals surface area contributed by atoms with E-state index in [2.05, 4.69) is 20.8 Å². The Morgan fingerprint density at radius 2 is 2.19 bits per heavy atom. The highest BCUT2D eigenvalue weighted by Gasteiger charge is 2.48. The van der Waals surface area contributed by atoms with Crippen molar-refractivity contribution in [3.8, 4) is 5.69 Å². The topological polar surface area (TPSA) is 110 Å². The first-order valence-corrected chi connectivity index (χ1v) is 6.45. The number of amides is 1. The van der Waals surface area contributed by atoms with Crippen LogP contribution in [0.1, 0.15) is 12.2 Å². The Balaban J connectivity index is 1.74. The van der Waals surface area contributed by atoms with Gasteiger partial charge in [-0.05, 0) is 42.0 Å². The summed E-state index contributed by atoms with van der Waals surface area (Å²) in [5, 5.41) is 22.8. The maximum absolute atomic E-state index is 11.9. The smallest absolute Gasteiger partial charge is 0.307 e. The van der Waals surface area contributed by atoms with Gasteiger partial charge in [-0.2, -0.15) is 4.68 Å². The number of carbonyl (C=O) groups excluding carboxylic acids is 1. The molecule has 8 heteroatoms. The number of carboxylic acid groups (broad SMARTS) is 1. The highest BCUT2D eigenvalue weighted by Crippen LogP contribution is 2.39. The molecule has 1 saturated carbocycles. The van der Waals surface area contributed by atoms with Crippen molar-refractivity contribution in [2.45, 2.75) is 13.3 Å². The van der Waals surface area contributed by atoms with Crippen LogP contribution in [-0.2, 0) is 9.59 Å². The van der Waals surface area contributed by atoms with E-state index in [0.717, 1.165) is 5.69 Å². The van der Waals surface area contributed by atoms with Gasteiger partial charge in [-0.25, -0.2) is 0 Å². The van der Waals surface area contributed by atoms with Gasteiger partial charge in [0, 0.05) is 5.69 Å². The molecule has 1 heterocycles. The second-order valence-electron chi connectivity index (χ2n) is 4.96. The van der Waals surface area contributed by atoms with Crippen molar-refractivity contribution in [1.82, 2.24) is 20.2 Å². The van der Waals surface area contributed by atoms with Gasteiger partial charge in [-0.15, -0.1) is 5.10 Å². The van der Waals surface area contributed by atoms with Gasteiger partial charge in [0.1, 0.15) is 0 Å². The zero-order chi connectivity index (χ0) is 15.0. The molecule has 1 aromatic heterocycles. The van der Waals surface area contributed by atoms with E-state index in [1.54, 1.807) is 29.8 Å². The van der Waals surface area contributed by atoms with Crippen LogP contribution in [0.15, 0.2) is 24.3 Å². The predicted octanol–water partition coefficient (Wildman–Crippen LogP) is 0.630. The summed E-state index contributed by atoms with van der Waals surface area (Å²) in [6.07, 6.45) is 0.396. The van der Waals surface area contributed by atoms with Crippen LogP contribution in [0.5, 0.6) is 0 Å². The maximum Gasteiger partial charge on any atom is 0.307 e. The molecule has 1 amide bonds. The van der Waals surface area contributed by atoms with Gasteiger partial charge in [0.15, 0.2) is 5.82 Å². The SMILES string of the molecule is Cc1nnnn1-c1cccc(NC(=O)C2CC2C(=O)O)c1. The molecular formula is C13H13N5O3. The highest BCUT2D eigenvalue weighted by atomic mass is 16.4. The number of carbonyl (C=O) groups is 2. The summed E-state index contributed by atoms with van der Waals surface area (Å²) in [6.45, 7) is 1.77. The number of benzene rings is 1. The molecule has 2 atom stereocenters. The summed E-state index contributed by atoms with van der Waals surface area (Å²) in [5.74, 6) is -1.57. The second kappa shape index (κ2) is 4.97. The minimum atomic E-state index is -0.923. The molecule has 1 fully saturated rings. The number of aliphatic carboxylic acids is 1. The zero-order valence-corrected chi connectivity index (χ0v) is 11.2. The lowest BCUT2D eigenvalue weighted by molar-refractivity contribution is -0.139. The van der Waals surface area contributed by atoms with E-state index < -0.39 is 17.8 Å². The third kappa shape index (κ3) is 2.60. The van der Waals surface area contributed by atoms with Crippen LogP contribution < -0.4 is 5.32 Å². The molecule has 0 spiro atoms. The van der Waals surface area contributed by atoms with Crippen LogP contribution in [0.25, 0.3) is 5.69 Å². The predicted molar refractivity (Wildman–Crippen MR) is 71.8 cm³/mol. The molecule has 0 bridgehead atoms. The van der Waals surface area contributed by atoms with E-state index in [9.17, 15) is 9.59 Å². The molecule has 1 aliphatic rings. The molecule has 0 aliphatic heterocycles. The molecule has 1 aliphatic carbocycles. The largest absolute Gasteiger partial charge is 0.481 e. The van der Waals surface area contributed by atoms with Crippen LogP contribution in [-0.4, -0.2) is 37.2 Å². The quantitative estimate of drug-likeness (QED) is 0.853. The van der Waals surface area contributed by atoms with Gasteiger partial charge >= 0.3 is 5.97 Å². The lowest BCUT2D eigenvalue weighted by atomic mass is 10.2. The maximum atomic E-state index is 11.9. The molecule has 0 saturated heterocycles. The Bertz CT molecular complexity index is 711. The van der Waals surface area contributed by atoms with E-state index >= 15 is 0 Å². The zero-order valence-electron chi connectivity index (χ0n) is 11.2. The van der Waals surface area contributed by atoms with E-state index in [4.69, 9.17) is 5.11 Å². The van der Waals surface area contributed by atoms with Crippen molar-refractivity contribution in [3.05, 3.63) is 30.1 Å². The molecule has 108 valence electrons. The lowest BCUT2D eigenvalue weighted by Gasteiger charge is -2.07. The van der Waals surface area contributed by atoms with Crippen LogP contribution >= 0.6 is 0 Å². The minimum Gasteiger partial charge on any atom is -0.481 e. The van der Waals surface area contributed by atoms with Gasteiger partial charge in [0.25, 0.3) is 0 Å². The van der Waals surface area contributed by atoms with E-state index in [-0.39, 0.29) is 5.91 Å². The van der Waals surface area contributed by atoms with Crippen molar-refractivity contribution in [3.63, 3.8) is 0 Å². The van der Waals surface area contributed by atoms with Crippen LogP contribution in [0.2, 0.25) is 0 Å². The molecule has 0 radical (unpaired) electrons. The summed E-state index contributed by atoms with van der Waals surface area (Å²) in [6, 6.07) is 7.06. The molecule has 3 rings (SSSR count). The van der Waals surface area contributed by atoms with E-state index in [1.807, 2.05) is 6.07 Å². The third-order valence-electron chi connectivity index (χ3n) is 3.43. The fraction of sp³-hybridized carbons (Fsp3) is 0.308. The van der Waals surface area contributed by atoms with Gasteiger partial charge in [0.05, 0.1) is 17.5 Å². The fourth-order valence-electron chi connectivity index (χ4n) is 2.18. The molecular weight excluding hydrogens is 274 g/mol. The molecule has 2 N–H and O–H groups in total. The first-order chi connectivity index (χ1) is 10.1. The second-order valence-corrected chi connectivity index (χ2v) is 4.96. The van der Waals surface area contributed by atoms with Crippen molar-refractivity contribution < 1.29 is 14.7 Å². The Kier molecular flexibility index (Phi) is 3.13. The number of rotatable bonds is 4. The Hall–Kier alpha value is -2.77. The number of nitrogens with one attached hydrogen (secondary N) is 1. The molecule has 2 unspecified atom stereocenters.